The molecule has 0 saturated heterocycles. The maximum atomic E-state index is 11.0. The molecule has 0 aliphatic rings. The van der Waals surface area contributed by atoms with E-state index < -0.39 is 10.1 Å². The van der Waals surface area contributed by atoms with Gasteiger partial charge >= 0.3 is 0 Å². The van der Waals surface area contributed by atoms with E-state index in [0.29, 0.717) is 13.0 Å². The van der Waals surface area contributed by atoms with Gasteiger partial charge in [-0.3, -0.25) is 4.79 Å². The van der Waals surface area contributed by atoms with Gasteiger partial charge in [0.15, 0.2) is 0 Å². The topological polar surface area (TPSA) is 86.3 Å². The largest absolute Gasteiger partial charge is 0.748 e. The predicted octanol–water partition coefficient (Wildman–Crippen LogP) is 1.64. The van der Waals surface area contributed by atoms with Gasteiger partial charge in [0.25, 0.3) is 0 Å². The Hall–Kier alpha value is -0.920. The fraction of sp³-hybridized carbons (Fsp3) is 0.812. The van der Waals surface area contributed by atoms with Crippen molar-refractivity contribution in [1.29, 1.82) is 0 Å². The number of nitrogens with one attached hydrogen (secondary N) is 1. The summed E-state index contributed by atoms with van der Waals surface area (Å²) in [6.07, 6.45) is 7.82. The number of nitrogens with zero attached hydrogens (tertiary/aromatic N) is 1. The number of carbonyl (C=O) groups excluding carboxylic acids is 1. The van der Waals surface area contributed by atoms with Crippen LogP contribution in [0.1, 0.15) is 44.9 Å². The monoisotopic (exact) mass is 348 g/mol. The third-order valence-corrected chi connectivity index (χ3v) is 4.62. The molecule has 0 saturated carbocycles. The molecule has 0 aliphatic carbocycles. The van der Waals surface area contributed by atoms with Crippen molar-refractivity contribution in [2.24, 2.45) is 0 Å². The first-order valence-corrected chi connectivity index (χ1v) is 9.90. The van der Waals surface area contributed by atoms with Gasteiger partial charge in [0.05, 0.1) is 37.3 Å². The van der Waals surface area contributed by atoms with Crippen LogP contribution in [0.15, 0.2) is 12.7 Å². The zero-order valence-electron chi connectivity index (χ0n) is 14.6. The molecule has 1 amide bonds. The van der Waals surface area contributed by atoms with Gasteiger partial charge in [0, 0.05) is 18.7 Å². The number of quaternary nitrogens is 1. The van der Waals surface area contributed by atoms with E-state index in [-0.39, 0.29) is 11.7 Å². The number of amides is 1. The van der Waals surface area contributed by atoms with Gasteiger partial charge in [-0.25, -0.2) is 8.42 Å². The zero-order valence-corrected chi connectivity index (χ0v) is 15.4. The average Bonchev–Trinajstić information content (AvgIpc) is 2.45. The average molecular weight is 349 g/mol. The minimum Gasteiger partial charge on any atom is -0.748 e. The second-order valence-electron chi connectivity index (χ2n) is 6.61. The van der Waals surface area contributed by atoms with E-state index in [2.05, 4.69) is 26.0 Å². The quantitative estimate of drug-likeness (QED) is 0.224. The third kappa shape index (κ3) is 15.7. The lowest BCUT2D eigenvalue weighted by molar-refractivity contribution is -0.890. The lowest BCUT2D eigenvalue weighted by Gasteiger charge is -2.30. The maximum absolute atomic E-state index is 11.0. The van der Waals surface area contributed by atoms with Gasteiger partial charge in [0.2, 0.25) is 5.91 Å². The normalized spacial score (nSPS) is 12.1. The molecule has 0 unspecified atom stereocenters. The van der Waals surface area contributed by atoms with E-state index in [9.17, 15) is 17.8 Å². The molecule has 0 fully saturated rings. The van der Waals surface area contributed by atoms with Gasteiger partial charge < -0.3 is 14.4 Å². The Labute approximate surface area is 141 Å². The van der Waals surface area contributed by atoms with Crippen LogP contribution in [0.2, 0.25) is 0 Å². The molecule has 7 heteroatoms. The SMILES string of the molecule is C=CC(=O)NCCC[N+](C)(C)CCCCCCCCS(=O)(=O)[O-]. The van der Waals surface area contributed by atoms with Crippen molar-refractivity contribution in [2.45, 2.75) is 44.9 Å². The molecule has 0 aromatic carbocycles. The summed E-state index contributed by atoms with van der Waals surface area (Å²) in [5.74, 6) is -0.362. The summed E-state index contributed by atoms with van der Waals surface area (Å²) >= 11 is 0. The van der Waals surface area contributed by atoms with Crippen LogP contribution in [0, 0.1) is 0 Å². The summed E-state index contributed by atoms with van der Waals surface area (Å²) < 4.78 is 32.3. The summed E-state index contributed by atoms with van der Waals surface area (Å²) in [6, 6.07) is 0. The summed E-state index contributed by atoms with van der Waals surface area (Å²) in [5.41, 5.74) is 0. The number of hydrogen-bond donors (Lipinski definition) is 1. The third-order valence-electron chi connectivity index (χ3n) is 3.83. The molecule has 23 heavy (non-hydrogen) atoms. The summed E-state index contributed by atoms with van der Waals surface area (Å²) in [7, 11) is 0.334. The standard InChI is InChI=1S/C16H32N2O4S/c1-4-16(19)17-12-11-14-18(2,3)13-9-7-5-6-8-10-15-23(20,21)22/h4H,1,5-15H2,2-3H3,(H-,17,19,20,21,22). The van der Waals surface area contributed by atoms with Crippen molar-refractivity contribution >= 4 is 16.0 Å². The van der Waals surface area contributed by atoms with Crippen LogP contribution < -0.4 is 5.32 Å². The lowest BCUT2D eigenvalue weighted by atomic mass is 10.1. The number of rotatable bonds is 14. The Morgan fingerprint density at radius 3 is 2.13 bits per heavy atom. The second kappa shape index (κ2) is 11.6. The molecular weight excluding hydrogens is 316 g/mol. The smallest absolute Gasteiger partial charge is 0.243 e. The van der Waals surface area contributed by atoms with Gasteiger partial charge in [-0.05, 0) is 25.3 Å². The van der Waals surface area contributed by atoms with Crippen LogP contribution in [0.3, 0.4) is 0 Å². The van der Waals surface area contributed by atoms with Crippen LogP contribution in [0.25, 0.3) is 0 Å². The van der Waals surface area contributed by atoms with E-state index in [0.717, 1.165) is 56.1 Å². The van der Waals surface area contributed by atoms with Gasteiger partial charge in [0.1, 0.15) is 0 Å². The summed E-state index contributed by atoms with van der Waals surface area (Å²) in [4.78, 5) is 11.0. The maximum Gasteiger partial charge on any atom is 0.243 e. The first-order chi connectivity index (χ1) is 10.7. The predicted molar refractivity (Wildman–Crippen MR) is 91.9 cm³/mol. The second-order valence-corrected chi connectivity index (χ2v) is 8.14. The molecule has 0 aromatic heterocycles. The highest BCUT2D eigenvalue weighted by Gasteiger charge is 2.13. The van der Waals surface area contributed by atoms with Crippen molar-refractivity contribution in [1.82, 2.24) is 5.32 Å². The van der Waals surface area contributed by atoms with E-state index in [1.807, 2.05) is 0 Å². The van der Waals surface area contributed by atoms with Crippen LogP contribution in [0.5, 0.6) is 0 Å². The van der Waals surface area contributed by atoms with Gasteiger partial charge in [-0.2, -0.15) is 0 Å². The minimum atomic E-state index is -4.04. The van der Waals surface area contributed by atoms with Crippen molar-refractivity contribution < 1.29 is 22.2 Å². The van der Waals surface area contributed by atoms with Crippen LogP contribution in [-0.2, 0) is 14.9 Å². The highest BCUT2D eigenvalue weighted by molar-refractivity contribution is 7.85. The number of unbranched alkanes of at least 4 members (excludes halogenated alkanes) is 5. The van der Waals surface area contributed by atoms with Crippen LogP contribution in [0.4, 0.5) is 0 Å². The van der Waals surface area contributed by atoms with Gasteiger partial charge in [-0.15, -0.1) is 0 Å². The fourth-order valence-corrected chi connectivity index (χ4v) is 2.99. The Bertz CT molecular complexity index is 447. The molecule has 0 rings (SSSR count). The van der Waals surface area contributed by atoms with Gasteiger partial charge in [-0.1, -0.05) is 25.8 Å². The fourth-order valence-electron chi connectivity index (χ4n) is 2.43. The van der Waals surface area contributed by atoms with Crippen molar-refractivity contribution in [3.05, 3.63) is 12.7 Å². The Morgan fingerprint density at radius 1 is 1.04 bits per heavy atom. The van der Waals surface area contributed by atoms with Crippen molar-refractivity contribution in [3.8, 4) is 0 Å². The molecule has 0 aromatic rings. The molecule has 1 N–H and O–H groups in total. The Kier molecular flexibility index (Phi) is 11.1. The number of hydrogen-bond acceptors (Lipinski definition) is 4. The highest BCUT2D eigenvalue weighted by Crippen LogP contribution is 2.09. The molecule has 0 bridgehead atoms. The first kappa shape index (κ1) is 22.1. The number of carbonyl (C=O) groups is 1. The van der Waals surface area contributed by atoms with E-state index >= 15 is 0 Å². The summed E-state index contributed by atoms with van der Waals surface area (Å²) in [6.45, 7) is 6.19. The van der Waals surface area contributed by atoms with Crippen LogP contribution in [-0.4, -0.2) is 62.8 Å². The molecule has 0 aliphatic heterocycles. The first-order valence-electron chi connectivity index (χ1n) is 8.32. The van der Waals surface area contributed by atoms with Crippen LogP contribution >= 0.6 is 0 Å². The minimum absolute atomic E-state index is 0.125. The molecule has 0 atom stereocenters. The van der Waals surface area contributed by atoms with Crippen molar-refractivity contribution in [2.75, 3.05) is 39.5 Å². The molecule has 0 radical (unpaired) electrons. The molecule has 136 valence electrons. The van der Waals surface area contributed by atoms with E-state index in [1.54, 1.807) is 0 Å². The highest BCUT2D eigenvalue weighted by atomic mass is 32.2. The van der Waals surface area contributed by atoms with E-state index in [1.165, 1.54) is 6.08 Å². The molecule has 6 nitrogen and oxygen atoms in total. The Morgan fingerprint density at radius 2 is 1.57 bits per heavy atom. The molecule has 0 spiro atoms. The van der Waals surface area contributed by atoms with E-state index in [4.69, 9.17) is 0 Å². The Balaban J connectivity index is 3.54. The lowest BCUT2D eigenvalue weighted by Crippen LogP contribution is -2.42. The summed E-state index contributed by atoms with van der Waals surface area (Å²) in [5, 5.41) is 2.78. The molecular formula is C16H32N2O4S. The van der Waals surface area contributed by atoms with Crippen molar-refractivity contribution in [3.63, 3.8) is 0 Å². The molecule has 0 heterocycles. The zero-order chi connectivity index (χ0) is 17.8.